The fourth-order valence-electron chi connectivity index (χ4n) is 3.11. The molecule has 1 aliphatic rings. The van der Waals surface area contributed by atoms with E-state index in [1.807, 2.05) is 10.6 Å². The Balaban J connectivity index is 1.67. The van der Waals surface area contributed by atoms with Crippen molar-refractivity contribution in [3.05, 3.63) is 64.9 Å². The number of aryl methyl sites for hydroxylation is 1. The molecule has 8 nitrogen and oxygen atoms in total. The lowest BCUT2D eigenvalue weighted by molar-refractivity contribution is 0.0765. The maximum absolute atomic E-state index is 12.5. The largest absolute Gasteiger partial charge is 0.333 e. The predicted molar refractivity (Wildman–Crippen MR) is 95.4 cm³/mol. The number of amides is 1. The van der Waals surface area contributed by atoms with E-state index in [2.05, 4.69) is 19.9 Å². The lowest BCUT2D eigenvalue weighted by Gasteiger charge is -2.27. The monoisotopic (exact) mass is 348 g/mol. The van der Waals surface area contributed by atoms with E-state index >= 15 is 0 Å². The second kappa shape index (κ2) is 6.47. The van der Waals surface area contributed by atoms with Gasteiger partial charge in [-0.3, -0.25) is 19.1 Å². The standard InChI is InChI=1S/C18H16N6O2/c1-12-22-17(25)14-3-2-6-21-16(14)24(12)13-4-9-23(10-5-13)18(26)15-11-19-7-8-20-15/h2-4,6-8,11H,5,9-10H2,1H3. The third-order valence-corrected chi connectivity index (χ3v) is 4.36. The molecule has 4 heterocycles. The summed E-state index contributed by atoms with van der Waals surface area (Å²) in [6.07, 6.45) is 8.76. The van der Waals surface area contributed by atoms with Crippen molar-refractivity contribution in [1.29, 1.82) is 0 Å². The van der Waals surface area contributed by atoms with Crippen molar-refractivity contribution < 1.29 is 4.79 Å². The van der Waals surface area contributed by atoms with Gasteiger partial charge in [-0.15, -0.1) is 0 Å². The second-order valence-corrected chi connectivity index (χ2v) is 5.96. The lowest BCUT2D eigenvalue weighted by Crippen LogP contribution is -2.36. The maximum Gasteiger partial charge on any atom is 0.282 e. The molecule has 0 radical (unpaired) electrons. The number of carbonyl (C=O) groups excluding carboxylic acids is 1. The number of hydrogen-bond acceptors (Lipinski definition) is 6. The summed E-state index contributed by atoms with van der Waals surface area (Å²) < 4.78 is 1.89. The van der Waals surface area contributed by atoms with Crippen LogP contribution in [0.2, 0.25) is 0 Å². The quantitative estimate of drug-likeness (QED) is 0.692. The number of fused-ring (bicyclic) bond motifs is 1. The molecule has 0 unspecified atom stereocenters. The molecule has 3 aromatic rings. The highest BCUT2D eigenvalue weighted by molar-refractivity contribution is 5.92. The number of hydrogen-bond donors (Lipinski definition) is 0. The first-order valence-corrected chi connectivity index (χ1v) is 8.24. The van der Waals surface area contributed by atoms with E-state index < -0.39 is 0 Å². The van der Waals surface area contributed by atoms with Crippen molar-refractivity contribution in [2.45, 2.75) is 13.3 Å². The first kappa shape index (κ1) is 16.1. The van der Waals surface area contributed by atoms with E-state index in [4.69, 9.17) is 0 Å². The molecule has 0 atom stereocenters. The third-order valence-electron chi connectivity index (χ3n) is 4.36. The van der Waals surface area contributed by atoms with Crippen molar-refractivity contribution >= 4 is 22.6 Å². The molecule has 0 aromatic carbocycles. The van der Waals surface area contributed by atoms with Crippen molar-refractivity contribution in [1.82, 2.24) is 29.4 Å². The van der Waals surface area contributed by atoms with E-state index in [1.54, 1.807) is 30.2 Å². The minimum atomic E-state index is -0.280. The van der Waals surface area contributed by atoms with E-state index in [0.717, 1.165) is 5.70 Å². The number of pyridine rings is 1. The number of rotatable bonds is 2. The minimum Gasteiger partial charge on any atom is -0.333 e. The molecule has 1 amide bonds. The molecular weight excluding hydrogens is 332 g/mol. The zero-order valence-electron chi connectivity index (χ0n) is 14.2. The summed E-state index contributed by atoms with van der Waals surface area (Å²) in [6, 6.07) is 3.45. The van der Waals surface area contributed by atoms with Gasteiger partial charge in [-0.2, -0.15) is 4.98 Å². The van der Waals surface area contributed by atoms with Gasteiger partial charge < -0.3 is 4.90 Å². The number of nitrogens with zero attached hydrogens (tertiary/aromatic N) is 6. The van der Waals surface area contributed by atoms with Crippen molar-refractivity contribution in [3.63, 3.8) is 0 Å². The van der Waals surface area contributed by atoms with E-state index in [-0.39, 0.29) is 11.5 Å². The average molecular weight is 348 g/mol. The zero-order valence-corrected chi connectivity index (χ0v) is 14.2. The molecule has 8 heteroatoms. The first-order chi connectivity index (χ1) is 12.6. The molecule has 4 rings (SSSR count). The molecular formula is C18H16N6O2. The first-order valence-electron chi connectivity index (χ1n) is 8.24. The van der Waals surface area contributed by atoms with Crippen LogP contribution in [0.25, 0.3) is 16.7 Å². The molecule has 26 heavy (non-hydrogen) atoms. The van der Waals surface area contributed by atoms with Crippen LogP contribution in [0, 0.1) is 6.92 Å². The van der Waals surface area contributed by atoms with Gasteiger partial charge in [0.15, 0.2) is 5.65 Å². The van der Waals surface area contributed by atoms with Crippen LogP contribution in [0.5, 0.6) is 0 Å². The molecule has 3 aromatic heterocycles. The van der Waals surface area contributed by atoms with Gasteiger partial charge in [0, 0.05) is 43.8 Å². The summed E-state index contributed by atoms with van der Waals surface area (Å²) in [5.74, 6) is 0.437. The SMILES string of the molecule is Cc1nc(=O)c2cccnc2n1C1=CCN(C(=O)c2cnccn2)CC1. The predicted octanol–water partition coefficient (Wildman–Crippen LogP) is 1.28. The molecule has 0 N–H and O–H groups in total. The zero-order chi connectivity index (χ0) is 18.1. The van der Waals surface area contributed by atoms with Gasteiger partial charge >= 0.3 is 0 Å². The summed E-state index contributed by atoms with van der Waals surface area (Å²) in [4.78, 5) is 42.8. The Labute approximate surface area is 148 Å². The van der Waals surface area contributed by atoms with Crippen molar-refractivity contribution in [2.75, 3.05) is 13.1 Å². The van der Waals surface area contributed by atoms with E-state index in [1.165, 1.54) is 18.6 Å². The number of aromatic nitrogens is 5. The molecule has 1 aliphatic heterocycles. The van der Waals surface area contributed by atoms with Crippen LogP contribution in [0.1, 0.15) is 22.7 Å². The third kappa shape index (κ3) is 2.75. The maximum atomic E-state index is 12.5. The second-order valence-electron chi connectivity index (χ2n) is 5.96. The highest BCUT2D eigenvalue weighted by atomic mass is 16.2. The van der Waals surface area contributed by atoms with Crippen molar-refractivity contribution in [2.24, 2.45) is 0 Å². The Morgan fingerprint density at radius 2 is 2.08 bits per heavy atom. The van der Waals surface area contributed by atoms with E-state index in [9.17, 15) is 9.59 Å². The highest BCUT2D eigenvalue weighted by Gasteiger charge is 2.22. The van der Waals surface area contributed by atoms with Crippen LogP contribution in [-0.4, -0.2) is 48.4 Å². The van der Waals surface area contributed by atoms with Crippen LogP contribution >= 0.6 is 0 Å². The van der Waals surface area contributed by atoms with Crippen LogP contribution in [0.4, 0.5) is 0 Å². The average Bonchev–Trinajstić information content (AvgIpc) is 2.69. The van der Waals surface area contributed by atoms with E-state index in [0.29, 0.717) is 42.1 Å². The Bertz CT molecular complexity index is 1070. The Morgan fingerprint density at radius 3 is 2.81 bits per heavy atom. The summed E-state index contributed by atoms with van der Waals surface area (Å²) in [5.41, 5.74) is 1.61. The lowest BCUT2D eigenvalue weighted by atomic mass is 10.1. The highest BCUT2D eigenvalue weighted by Crippen LogP contribution is 2.21. The molecule has 0 saturated heterocycles. The van der Waals surface area contributed by atoms with Crippen LogP contribution in [-0.2, 0) is 0 Å². The molecule has 0 spiro atoms. The van der Waals surface area contributed by atoms with Gasteiger partial charge in [0.1, 0.15) is 11.5 Å². The smallest absolute Gasteiger partial charge is 0.282 e. The van der Waals surface area contributed by atoms with Crippen LogP contribution in [0.15, 0.2) is 47.8 Å². The molecule has 130 valence electrons. The fourth-order valence-corrected chi connectivity index (χ4v) is 3.11. The van der Waals surface area contributed by atoms with Gasteiger partial charge in [0.25, 0.3) is 11.5 Å². The van der Waals surface area contributed by atoms with Crippen LogP contribution < -0.4 is 5.56 Å². The molecule has 0 bridgehead atoms. The van der Waals surface area contributed by atoms with Crippen LogP contribution in [0.3, 0.4) is 0 Å². The topological polar surface area (TPSA) is 93.9 Å². The summed E-state index contributed by atoms with van der Waals surface area (Å²) >= 11 is 0. The summed E-state index contributed by atoms with van der Waals surface area (Å²) in [5, 5.41) is 0.483. The van der Waals surface area contributed by atoms with Gasteiger partial charge in [-0.05, 0) is 25.1 Å². The minimum absolute atomic E-state index is 0.147. The normalized spacial score (nSPS) is 14.3. The molecule has 0 aliphatic carbocycles. The fraction of sp³-hybridized carbons (Fsp3) is 0.222. The van der Waals surface area contributed by atoms with Gasteiger partial charge in [0.2, 0.25) is 0 Å². The molecule has 0 fully saturated rings. The number of carbonyl (C=O) groups is 1. The Kier molecular flexibility index (Phi) is 4.00. The summed E-state index contributed by atoms with van der Waals surface area (Å²) in [7, 11) is 0. The van der Waals surface area contributed by atoms with Gasteiger partial charge in [0.05, 0.1) is 11.6 Å². The Hall–Kier alpha value is -3.42. The van der Waals surface area contributed by atoms with Crippen molar-refractivity contribution in [3.8, 4) is 0 Å². The van der Waals surface area contributed by atoms with Gasteiger partial charge in [-0.25, -0.2) is 9.97 Å². The molecule has 0 saturated carbocycles. The summed E-state index contributed by atoms with van der Waals surface area (Å²) in [6.45, 7) is 2.78. The Morgan fingerprint density at radius 1 is 1.19 bits per heavy atom. The van der Waals surface area contributed by atoms with Gasteiger partial charge in [-0.1, -0.05) is 0 Å².